The van der Waals surface area contributed by atoms with Gasteiger partial charge in [0, 0.05) is 30.4 Å². The van der Waals surface area contributed by atoms with Gasteiger partial charge in [0.25, 0.3) is 5.91 Å². The summed E-state index contributed by atoms with van der Waals surface area (Å²) in [6.45, 7) is 0.493. The lowest BCUT2D eigenvalue weighted by molar-refractivity contribution is -0.123. The number of tetrazole rings is 1. The molecule has 3 aromatic rings. The summed E-state index contributed by atoms with van der Waals surface area (Å²) < 4.78 is 5.46. The summed E-state index contributed by atoms with van der Waals surface area (Å²) in [4.78, 5) is 20.0. The molecule has 0 aliphatic heterocycles. The lowest BCUT2D eigenvalue weighted by atomic mass is 10.2. The summed E-state index contributed by atoms with van der Waals surface area (Å²) in [7, 11) is 1.71. The van der Waals surface area contributed by atoms with Crippen LogP contribution in [-0.2, 0) is 18.3 Å². The number of carbonyl (C=O) groups excluding carboxylic acids is 1. The average Bonchev–Trinajstić information content (AvgIpc) is 3.25. The van der Waals surface area contributed by atoms with Gasteiger partial charge in [-0.05, 0) is 29.5 Å². The number of aromatic amines is 1. The predicted octanol–water partition coefficient (Wildman–Crippen LogP) is 0.338. The van der Waals surface area contributed by atoms with Gasteiger partial charge in [0.1, 0.15) is 5.75 Å². The van der Waals surface area contributed by atoms with Gasteiger partial charge in [-0.25, -0.2) is 4.98 Å². The number of hydrogen-bond donors (Lipinski definition) is 2. The molecule has 124 valence electrons. The molecule has 9 heteroatoms. The van der Waals surface area contributed by atoms with Gasteiger partial charge < -0.3 is 15.0 Å². The van der Waals surface area contributed by atoms with Gasteiger partial charge in [-0.2, -0.15) is 4.80 Å². The Morgan fingerprint density at radius 1 is 1.33 bits per heavy atom. The van der Waals surface area contributed by atoms with Crippen molar-refractivity contribution in [1.29, 1.82) is 0 Å². The summed E-state index contributed by atoms with van der Waals surface area (Å²) in [5, 5.41) is 14.6. The van der Waals surface area contributed by atoms with E-state index in [1.54, 1.807) is 31.7 Å². The summed E-state index contributed by atoms with van der Waals surface area (Å²) >= 11 is 0. The minimum absolute atomic E-state index is 0.0360. The zero-order valence-corrected chi connectivity index (χ0v) is 13.1. The molecule has 24 heavy (non-hydrogen) atoms. The number of H-pyrrole nitrogens is 1. The smallest absolute Gasteiger partial charge is 0.257 e. The van der Waals surface area contributed by atoms with E-state index in [0.29, 0.717) is 24.5 Å². The highest BCUT2D eigenvalue weighted by molar-refractivity contribution is 5.77. The van der Waals surface area contributed by atoms with E-state index in [2.05, 4.69) is 30.7 Å². The number of ether oxygens (including phenoxy) is 1. The minimum Gasteiger partial charge on any atom is -0.484 e. The Bertz CT molecular complexity index is 781. The molecule has 0 atom stereocenters. The Morgan fingerprint density at radius 2 is 2.17 bits per heavy atom. The van der Waals surface area contributed by atoms with Crippen LogP contribution in [-0.4, -0.2) is 49.2 Å². The van der Waals surface area contributed by atoms with Crippen molar-refractivity contribution < 1.29 is 9.53 Å². The second kappa shape index (κ2) is 7.36. The second-order valence-electron chi connectivity index (χ2n) is 5.09. The first kappa shape index (κ1) is 15.7. The average molecular weight is 327 g/mol. The van der Waals surface area contributed by atoms with Crippen molar-refractivity contribution in [2.24, 2.45) is 7.05 Å². The fourth-order valence-electron chi connectivity index (χ4n) is 2.06. The fourth-order valence-corrected chi connectivity index (χ4v) is 2.06. The summed E-state index contributed by atoms with van der Waals surface area (Å²) in [5.41, 5.74) is 1.81. The summed E-state index contributed by atoms with van der Waals surface area (Å²) in [6.07, 6.45) is 4.04. The zero-order chi connectivity index (χ0) is 16.8. The van der Waals surface area contributed by atoms with Crippen LogP contribution in [0.2, 0.25) is 0 Å². The molecule has 0 bridgehead atoms. The maximum atomic E-state index is 11.7. The highest BCUT2D eigenvalue weighted by Crippen LogP contribution is 2.18. The predicted molar refractivity (Wildman–Crippen MR) is 85.0 cm³/mol. The molecule has 2 heterocycles. The molecule has 2 aromatic heterocycles. The van der Waals surface area contributed by atoms with Crippen molar-refractivity contribution >= 4 is 5.91 Å². The van der Waals surface area contributed by atoms with Crippen LogP contribution in [0.3, 0.4) is 0 Å². The third-order valence-corrected chi connectivity index (χ3v) is 3.26. The molecule has 2 N–H and O–H groups in total. The van der Waals surface area contributed by atoms with E-state index in [1.165, 1.54) is 4.80 Å². The molecule has 1 amide bonds. The van der Waals surface area contributed by atoms with Crippen molar-refractivity contribution in [3.8, 4) is 17.1 Å². The summed E-state index contributed by atoms with van der Waals surface area (Å²) in [5.74, 6) is 0.973. The van der Waals surface area contributed by atoms with Crippen LogP contribution in [0.15, 0.2) is 36.8 Å². The zero-order valence-electron chi connectivity index (χ0n) is 13.1. The number of rotatable bonds is 7. The molecule has 0 spiro atoms. The van der Waals surface area contributed by atoms with E-state index < -0.39 is 0 Å². The standard InChI is InChI=1S/C15H17N7O2/c1-22-20-15(19-21-22)11-2-4-13(5-3-11)24-9-14(23)17-7-6-12-8-16-10-18-12/h2-5,8,10H,6-7,9H2,1H3,(H,16,18)(H,17,23). The Hall–Kier alpha value is -3.23. The number of benzene rings is 1. The van der Waals surface area contributed by atoms with Crippen LogP contribution in [0.25, 0.3) is 11.4 Å². The third kappa shape index (κ3) is 4.15. The fraction of sp³-hybridized carbons (Fsp3) is 0.267. The van der Waals surface area contributed by atoms with Gasteiger partial charge in [-0.15, -0.1) is 10.2 Å². The van der Waals surface area contributed by atoms with Crippen LogP contribution < -0.4 is 10.1 Å². The highest BCUT2D eigenvalue weighted by Gasteiger charge is 2.06. The lowest BCUT2D eigenvalue weighted by Gasteiger charge is -2.07. The molecular formula is C15H17N7O2. The Kier molecular flexibility index (Phi) is 4.80. The van der Waals surface area contributed by atoms with Gasteiger partial charge >= 0.3 is 0 Å². The highest BCUT2D eigenvalue weighted by atomic mass is 16.5. The van der Waals surface area contributed by atoms with Crippen molar-refractivity contribution in [3.05, 3.63) is 42.5 Å². The SMILES string of the molecule is Cn1nnc(-c2ccc(OCC(=O)NCCc3cnc[nH]3)cc2)n1. The van der Waals surface area contributed by atoms with Crippen molar-refractivity contribution in [2.75, 3.05) is 13.2 Å². The maximum absolute atomic E-state index is 11.7. The quantitative estimate of drug-likeness (QED) is 0.647. The number of carbonyl (C=O) groups is 1. The summed E-state index contributed by atoms with van der Waals surface area (Å²) in [6, 6.07) is 7.18. The largest absolute Gasteiger partial charge is 0.484 e. The van der Waals surface area contributed by atoms with E-state index >= 15 is 0 Å². The number of aromatic nitrogens is 6. The molecule has 0 saturated carbocycles. The molecule has 3 rings (SSSR count). The molecule has 0 fully saturated rings. The lowest BCUT2D eigenvalue weighted by Crippen LogP contribution is -2.30. The van der Waals surface area contributed by atoms with Crippen molar-refractivity contribution in [3.63, 3.8) is 0 Å². The van der Waals surface area contributed by atoms with Crippen LogP contribution in [0.5, 0.6) is 5.75 Å². The number of aryl methyl sites for hydroxylation is 1. The molecule has 0 unspecified atom stereocenters. The van der Waals surface area contributed by atoms with E-state index in [4.69, 9.17) is 4.74 Å². The number of imidazole rings is 1. The third-order valence-electron chi connectivity index (χ3n) is 3.26. The molecular weight excluding hydrogens is 310 g/mol. The van der Waals surface area contributed by atoms with E-state index in [-0.39, 0.29) is 12.5 Å². The monoisotopic (exact) mass is 327 g/mol. The first-order valence-corrected chi connectivity index (χ1v) is 7.42. The number of nitrogens with one attached hydrogen (secondary N) is 2. The molecule has 0 radical (unpaired) electrons. The van der Waals surface area contributed by atoms with Crippen molar-refractivity contribution in [2.45, 2.75) is 6.42 Å². The molecule has 9 nitrogen and oxygen atoms in total. The van der Waals surface area contributed by atoms with E-state index in [9.17, 15) is 4.79 Å². The van der Waals surface area contributed by atoms with Gasteiger partial charge in [-0.3, -0.25) is 4.79 Å². The normalized spacial score (nSPS) is 10.5. The topological polar surface area (TPSA) is 111 Å². The molecule has 0 saturated heterocycles. The maximum Gasteiger partial charge on any atom is 0.257 e. The number of nitrogens with zero attached hydrogens (tertiary/aromatic N) is 5. The Balaban J connectivity index is 1.43. The first-order valence-electron chi connectivity index (χ1n) is 7.42. The second-order valence-corrected chi connectivity index (χ2v) is 5.09. The van der Waals surface area contributed by atoms with Crippen molar-refractivity contribution in [1.82, 2.24) is 35.5 Å². The first-order chi connectivity index (χ1) is 11.7. The number of hydrogen-bond acceptors (Lipinski definition) is 6. The Labute approximate surface area is 138 Å². The Morgan fingerprint density at radius 3 is 2.83 bits per heavy atom. The van der Waals surface area contributed by atoms with Crippen LogP contribution in [0.1, 0.15) is 5.69 Å². The van der Waals surface area contributed by atoms with Gasteiger partial charge in [0.05, 0.1) is 13.4 Å². The van der Waals surface area contributed by atoms with Crippen LogP contribution in [0, 0.1) is 0 Å². The molecule has 1 aromatic carbocycles. The minimum atomic E-state index is -0.172. The molecule has 0 aliphatic carbocycles. The van der Waals surface area contributed by atoms with Crippen LogP contribution >= 0.6 is 0 Å². The van der Waals surface area contributed by atoms with Gasteiger partial charge in [-0.1, -0.05) is 0 Å². The van der Waals surface area contributed by atoms with E-state index in [0.717, 1.165) is 11.3 Å². The van der Waals surface area contributed by atoms with E-state index in [1.807, 2.05) is 12.1 Å². The van der Waals surface area contributed by atoms with Gasteiger partial charge in [0.2, 0.25) is 5.82 Å². The molecule has 0 aliphatic rings. The number of amides is 1. The van der Waals surface area contributed by atoms with Crippen LogP contribution in [0.4, 0.5) is 0 Å². The van der Waals surface area contributed by atoms with Gasteiger partial charge in [0.15, 0.2) is 6.61 Å².